The highest BCUT2D eigenvalue weighted by molar-refractivity contribution is 5.31. The highest BCUT2D eigenvalue weighted by Crippen LogP contribution is 2.19. The molecule has 0 amide bonds. The number of rotatable bonds is 6. The first kappa shape index (κ1) is 15.7. The molecule has 1 aromatic heterocycles. The lowest BCUT2D eigenvalue weighted by Crippen LogP contribution is -2.09. The molecule has 0 saturated carbocycles. The highest BCUT2D eigenvalue weighted by atomic mass is 16.5. The van der Waals surface area contributed by atoms with Gasteiger partial charge in [0.25, 0.3) is 0 Å². The first-order valence-electron chi connectivity index (χ1n) is 7.41. The lowest BCUT2D eigenvalue weighted by atomic mass is 10.2. The molecular weight excluding hydrogens is 308 g/mol. The Labute approximate surface area is 138 Å². The molecule has 0 radical (unpaired) electrons. The summed E-state index contributed by atoms with van der Waals surface area (Å²) in [5, 5.41) is 9.37. The quantitative estimate of drug-likeness (QED) is 0.751. The summed E-state index contributed by atoms with van der Waals surface area (Å²) in [6, 6.07) is 17.3. The summed E-state index contributed by atoms with van der Waals surface area (Å²) in [5.74, 6) is 1.12. The van der Waals surface area contributed by atoms with Gasteiger partial charge in [0.15, 0.2) is 0 Å². The average molecular weight is 324 g/mol. The van der Waals surface area contributed by atoms with E-state index >= 15 is 0 Å². The lowest BCUT2D eigenvalue weighted by molar-refractivity contribution is 0.253. The van der Waals surface area contributed by atoms with Crippen LogP contribution in [0.2, 0.25) is 0 Å². The molecule has 0 atom stereocenters. The van der Waals surface area contributed by atoms with Gasteiger partial charge in [-0.1, -0.05) is 36.4 Å². The molecule has 3 rings (SSSR count). The van der Waals surface area contributed by atoms with Crippen molar-refractivity contribution in [2.75, 3.05) is 0 Å². The fourth-order valence-corrected chi connectivity index (χ4v) is 2.08. The Morgan fingerprint density at radius 3 is 2.50 bits per heavy atom. The fraction of sp³-hybridized carbons (Fsp3) is 0.105. The number of phenolic OH excluding ortho intramolecular Hbond substituents is 1. The van der Waals surface area contributed by atoms with Crippen molar-refractivity contribution in [3.05, 3.63) is 88.5 Å². The predicted molar refractivity (Wildman–Crippen MR) is 88.2 cm³/mol. The maximum Gasteiger partial charge on any atom is 0.227 e. The van der Waals surface area contributed by atoms with Crippen molar-refractivity contribution >= 4 is 0 Å². The van der Waals surface area contributed by atoms with Crippen LogP contribution >= 0.6 is 0 Å². The second kappa shape index (κ2) is 7.37. The minimum Gasteiger partial charge on any atom is -0.508 e. The molecule has 5 heteroatoms. The molecule has 5 nitrogen and oxygen atoms in total. The smallest absolute Gasteiger partial charge is 0.227 e. The maximum atomic E-state index is 12.0. The Morgan fingerprint density at radius 1 is 0.917 bits per heavy atom. The molecule has 0 fully saturated rings. The van der Waals surface area contributed by atoms with Gasteiger partial charge in [-0.15, -0.1) is 0 Å². The van der Waals surface area contributed by atoms with Crippen LogP contribution in [0.4, 0.5) is 0 Å². The lowest BCUT2D eigenvalue weighted by Gasteiger charge is -2.07. The minimum atomic E-state index is -0.272. The van der Waals surface area contributed by atoms with Crippen LogP contribution in [-0.4, -0.2) is 5.11 Å². The zero-order chi connectivity index (χ0) is 16.8. The molecule has 122 valence electrons. The summed E-state index contributed by atoms with van der Waals surface area (Å²) in [6.07, 6.45) is 1.28. The monoisotopic (exact) mass is 324 g/mol. The van der Waals surface area contributed by atoms with Gasteiger partial charge in [0, 0.05) is 12.1 Å². The summed E-state index contributed by atoms with van der Waals surface area (Å²) in [7, 11) is 0. The molecule has 1 N–H and O–H groups in total. The number of hydrogen-bond acceptors (Lipinski definition) is 5. The van der Waals surface area contributed by atoms with Gasteiger partial charge < -0.3 is 19.0 Å². The van der Waals surface area contributed by atoms with Gasteiger partial charge in [0.2, 0.25) is 11.2 Å². The second-order valence-corrected chi connectivity index (χ2v) is 5.14. The van der Waals surface area contributed by atoms with E-state index in [2.05, 4.69) is 0 Å². The first-order valence-corrected chi connectivity index (χ1v) is 7.41. The standard InChI is InChI=1S/C19H16O5/c20-15-7-4-8-16(9-15)22-12-17-10-18(21)19(13-23-17)24-11-14-5-2-1-3-6-14/h1-10,13,20H,11-12H2. The summed E-state index contributed by atoms with van der Waals surface area (Å²) in [4.78, 5) is 12.0. The molecule has 0 aliphatic heterocycles. The van der Waals surface area contributed by atoms with E-state index < -0.39 is 0 Å². The van der Waals surface area contributed by atoms with Gasteiger partial charge in [-0.05, 0) is 17.7 Å². The largest absolute Gasteiger partial charge is 0.508 e. The molecule has 0 bridgehead atoms. The van der Waals surface area contributed by atoms with Gasteiger partial charge in [-0.2, -0.15) is 0 Å². The zero-order valence-corrected chi connectivity index (χ0v) is 12.8. The number of ether oxygens (including phenoxy) is 2. The Kier molecular flexibility index (Phi) is 4.81. The van der Waals surface area contributed by atoms with Crippen LogP contribution in [0.25, 0.3) is 0 Å². The van der Waals surface area contributed by atoms with Gasteiger partial charge >= 0.3 is 0 Å². The van der Waals surface area contributed by atoms with Gasteiger partial charge in [-0.3, -0.25) is 4.79 Å². The summed E-state index contributed by atoms with van der Waals surface area (Å²) in [6.45, 7) is 0.377. The van der Waals surface area contributed by atoms with E-state index in [0.29, 0.717) is 18.1 Å². The predicted octanol–water partition coefficient (Wildman–Crippen LogP) is 3.50. The molecule has 24 heavy (non-hydrogen) atoms. The molecular formula is C19H16O5. The minimum absolute atomic E-state index is 0.0810. The molecule has 2 aromatic carbocycles. The fourth-order valence-electron chi connectivity index (χ4n) is 2.08. The Balaban J connectivity index is 1.61. The average Bonchev–Trinajstić information content (AvgIpc) is 2.60. The third kappa shape index (κ3) is 4.16. The number of aromatic hydroxyl groups is 1. The van der Waals surface area contributed by atoms with Crippen molar-refractivity contribution in [3.8, 4) is 17.2 Å². The molecule has 0 unspecified atom stereocenters. The Morgan fingerprint density at radius 2 is 1.75 bits per heavy atom. The van der Waals surface area contributed by atoms with Crippen molar-refractivity contribution in [1.82, 2.24) is 0 Å². The van der Waals surface area contributed by atoms with Crippen molar-refractivity contribution in [1.29, 1.82) is 0 Å². The van der Waals surface area contributed by atoms with E-state index in [1.54, 1.807) is 18.2 Å². The van der Waals surface area contributed by atoms with Crippen molar-refractivity contribution in [3.63, 3.8) is 0 Å². The van der Waals surface area contributed by atoms with Crippen molar-refractivity contribution in [2.45, 2.75) is 13.2 Å². The molecule has 3 aromatic rings. The van der Waals surface area contributed by atoms with Gasteiger partial charge in [0.05, 0.1) is 0 Å². The first-order chi connectivity index (χ1) is 11.7. The van der Waals surface area contributed by atoms with E-state index in [-0.39, 0.29) is 23.5 Å². The van der Waals surface area contributed by atoms with E-state index in [1.807, 2.05) is 30.3 Å². The van der Waals surface area contributed by atoms with Crippen LogP contribution in [0.1, 0.15) is 11.3 Å². The highest BCUT2D eigenvalue weighted by Gasteiger charge is 2.06. The van der Waals surface area contributed by atoms with Crippen LogP contribution in [0.5, 0.6) is 17.2 Å². The van der Waals surface area contributed by atoms with Crippen LogP contribution < -0.4 is 14.9 Å². The third-order valence-corrected chi connectivity index (χ3v) is 3.29. The topological polar surface area (TPSA) is 68.9 Å². The SMILES string of the molecule is O=c1cc(COc2cccc(O)c2)occ1OCc1ccccc1. The van der Waals surface area contributed by atoms with E-state index in [0.717, 1.165) is 5.56 Å². The van der Waals surface area contributed by atoms with E-state index in [1.165, 1.54) is 18.4 Å². The van der Waals surface area contributed by atoms with Gasteiger partial charge in [-0.25, -0.2) is 0 Å². The van der Waals surface area contributed by atoms with Crippen molar-refractivity contribution in [2.24, 2.45) is 0 Å². The number of hydrogen-bond donors (Lipinski definition) is 1. The zero-order valence-electron chi connectivity index (χ0n) is 12.8. The van der Waals surface area contributed by atoms with E-state index in [9.17, 15) is 9.90 Å². The van der Waals surface area contributed by atoms with Crippen LogP contribution in [0.15, 0.2) is 76.1 Å². The molecule has 0 aliphatic carbocycles. The summed E-state index contributed by atoms with van der Waals surface area (Å²) in [5.41, 5.74) is 0.694. The number of phenols is 1. The Hall–Kier alpha value is -3.21. The van der Waals surface area contributed by atoms with E-state index in [4.69, 9.17) is 13.9 Å². The molecule has 0 spiro atoms. The van der Waals surface area contributed by atoms with Crippen molar-refractivity contribution < 1.29 is 19.0 Å². The van der Waals surface area contributed by atoms with Gasteiger partial charge in [0.1, 0.15) is 36.7 Å². The Bertz CT molecular complexity index is 855. The maximum absolute atomic E-state index is 12.0. The van der Waals surface area contributed by atoms with Crippen LogP contribution in [0.3, 0.4) is 0 Å². The summed E-state index contributed by atoms with van der Waals surface area (Å²) < 4.78 is 16.3. The molecule has 1 heterocycles. The normalized spacial score (nSPS) is 10.3. The summed E-state index contributed by atoms with van der Waals surface area (Å²) >= 11 is 0. The molecule has 0 saturated heterocycles. The molecule has 0 aliphatic rings. The van der Waals surface area contributed by atoms with Crippen LogP contribution in [-0.2, 0) is 13.2 Å². The number of benzene rings is 2. The third-order valence-electron chi connectivity index (χ3n) is 3.29. The van der Waals surface area contributed by atoms with Crippen LogP contribution in [0, 0.1) is 0 Å². The second-order valence-electron chi connectivity index (χ2n) is 5.14.